The minimum absolute atomic E-state index is 0.121. The van der Waals surface area contributed by atoms with Crippen LogP contribution < -0.4 is 5.32 Å². The molecule has 0 fully saturated rings. The molecule has 0 heterocycles. The van der Waals surface area contributed by atoms with Gasteiger partial charge in [-0.05, 0) is 34.7 Å². The molecule has 0 radical (unpaired) electrons. The van der Waals surface area contributed by atoms with Crippen LogP contribution in [0.4, 0.5) is 0 Å². The molecule has 0 aliphatic carbocycles. The first kappa shape index (κ1) is 13.4. The molecule has 0 aromatic heterocycles. The van der Waals surface area contributed by atoms with Crippen LogP contribution in [0.5, 0.6) is 0 Å². The molecule has 0 spiro atoms. The van der Waals surface area contributed by atoms with Gasteiger partial charge in [-0.15, -0.1) is 0 Å². The first-order valence-electron chi connectivity index (χ1n) is 4.77. The van der Waals surface area contributed by atoms with E-state index < -0.39 is 6.29 Å². The molecule has 1 N–H and O–H groups in total. The first-order valence-corrected chi connectivity index (χ1v) is 5.85. The Labute approximate surface area is 108 Å². The third-order valence-electron chi connectivity index (χ3n) is 2.07. The monoisotopic (exact) mass is 335 g/mol. The molecule has 0 bridgehead atoms. The van der Waals surface area contributed by atoms with E-state index in [-0.39, 0.29) is 5.91 Å². The van der Waals surface area contributed by atoms with Crippen molar-refractivity contribution in [2.45, 2.75) is 6.29 Å². The molecule has 5 heteroatoms. The molecule has 0 atom stereocenters. The molecular formula is C11H14INO3. The quantitative estimate of drug-likeness (QED) is 0.657. The van der Waals surface area contributed by atoms with Crippen LogP contribution in [0.25, 0.3) is 0 Å². The Hall–Kier alpha value is -0.660. The normalized spacial score (nSPS) is 10.5. The lowest BCUT2D eigenvalue weighted by Crippen LogP contribution is -2.34. The van der Waals surface area contributed by atoms with Crippen molar-refractivity contribution in [1.82, 2.24) is 5.32 Å². The van der Waals surface area contributed by atoms with Crippen LogP contribution >= 0.6 is 22.6 Å². The highest BCUT2D eigenvalue weighted by Gasteiger charge is 2.11. The fourth-order valence-electron chi connectivity index (χ4n) is 1.18. The predicted molar refractivity (Wildman–Crippen MR) is 69.3 cm³/mol. The Balaban J connectivity index is 2.56. The number of ether oxygens (including phenoxy) is 2. The Bertz CT molecular complexity index is 353. The van der Waals surface area contributed by atoms with E-state index >= 15 is 0 Å². The number of hydrogen-bond acceptors (Lipinski definition) is 3. The molecule has 1 rings (SSSR count). The molecule has 1 amide bonds. The van der Waals surface area contributed by atoms with Gasteiger partial charge in [0.15, 0.2) is 6.29 Å². The maximum Gasteiger partial charge on any atom is 0.252 e. The van der Waals surface area contributed by atoms with Crippen LogP contribution in [0.1, 0.15) is 10.4 Å². The number of carbonyl (C=O) groups excluding carboxylic acids is 1. The van der Waals surface area contributed by atoms with Gasteiger partial charge in [-0.3, -0.25) is 4.79 Å². The van der Waals surface area contributed by atoms with Crippen molar-refractivity contribution in [3.8, 4) is 0 Å². The van der Waals surface area contributed by atoms with Gasteiger partial charge in [0, 0.05) is 17.8 Å². The summed E-state index contributed by atoms with van der Waals surface area (Å²) < 4.78 is 10.9. The van der Waals surface area contributed by atoms with E-state index in [1.54, 1.807) is 6.07 Å². The van der Waals surface area contributed by atoms with E-state index in [0.29, 0.717) is 12.1 Å². The number of methoxy groups -OCH3 is 2. The number of carbonyl (C=O) groups is 1. The number of nitrogens with one attached hydrogen (secondary N) is 1. The molecule has 0 saturated carbocycles. The van der Waals surface area contributed by atoms with Gasteiger partial charge in [-0.2, -0.15) is 0 Å². The molecule has 1 aromatic carbocycles. The second kappa shape index (κ2) is 6.82. The van der Waals surface area contributed by atoms with Crippen molar-refractivity contribution in [2.75, 3.05) is 20.8 Å². The molecule has 0 aliphatic rings. The standard InChI is InChI=1S/C11H14INO3/c1-15-10(16-2)7-13-11(14)8-5-3-4-6-9(8)12/h3-6,10H,7H2,1-2H3,(H,13,14). The minimum atomic E-state index is -0.412. The highest BCUT2D eigenvalue weighted by Crippen LogP contribution is 2.10. The Morgan fingerprint density at radius 1 is 1.38 bits per heavy atom. The lowest BCUT2D eigenvalue weighted by atomic mass is 10.2. The Morgan fingerprint density at radius 2 is 2.00 bits per heavy atom. The fourth-order valence-corrected chi connectivity index (χ4v) is 1.81. The summed E-state index contributed by atoms with van der Waals surface area (Å²) in [5, 5.41) is 2.75. The lowest BCUT2D eigenvalue weighted by Gasteiger charge is -2.14. The van der Waals surface area contributed by atoms with Crippen molar-refractivity contribution >= 4 is 28.5 Å². The van der Waals surface area contributed by atoms with Crippen LogP contribution in [-0.4, -0.2) is 33.0 Å². The SMILES string of the molecule is COC(CNC(=O)c1ccccc1I)OC. The highest BCUT2D eigenvalue weighted by molar-refractivity contribution is 14.1. The van der Waals surface area contributed by atoms with Crippen molar-refractivity contribution in [2.24, 2.45) is 0 Å². The molecule has 0 unspecified atom stereocenters. The van der Waals surface area contributed by atoms with Crippen molar-refractivity contribution in [3.05, 3.63) is 33.4 Å². The number of benzene rings is 1. The average Bonchev–Trinajstić information content (AvgIpc) is 2.30. The molecule has 0 saturated heterocycles. The minimum Gasteiger partial charge on any atom is -0.354 e. The summed E-state index contributed by atoms with van der Waals surface area (Å²) in [6.07, 6.45) is -0.412. The van der Waals surface area contributed by atoms with E-state index in [1.807, 2.05) is 18.2 Å². The summed E-state index contributed by atoms with van der Waals surface area (Å²) in [5.41, 5.74) is 0.661. The van der Waals surface area contributed by atoms with Crippen molar-refractivity contribution in [3.63, 3.8) is 0 Å². The molecule has 1 aromatic rings. The lowest BCUT2D eigenvalue weighted by molar-refractivity contribution is -0.0974. The second-order valence-corrected chi connectivity index (χ2v) is 4.25. The zero-order valence-electron chi connectivity index (χ0n) is 9.20. The van der Waals surface area contributed by atoms with Gasteiger partial charge in [0.2, 0.25) is 0 Å². The number of halogens is 1. The first-order chi connectivity index (χ1) is 7.69. The van der Waals surface area contributed by atoms with E-state index in [9.17, 15) is 4.79 Å². The summed E-state index contributed by atoms with van der Waals surface area (Å²) in [4.78, 5) is 11.8. The number of rotatable bonds is 5. The van der Waals surface area contributed by atoms with Gasteiger partial charge >= 0.3 is 0 Å². The zero-order chi connectivity index (χ0) is 12.0. The summed E-state index contributed by atoms with van der Waals surface area (Å²) in [5.74, 6) is -0.121. The van der Waals surface area contributed by atoms with E-state index in [1.165, 1.54) is 14.2 Å². The average molecular weight is 335 g/mol. The summed E-state index contributed by atoms with van der Waals surface area (Å²) >= 11 is 2.13. The van der Waals surface area contributed by atoms with Crippen LogP contribution in [-0.2, 0) is 9.47 Å². The summed E-state index contributed by atoms with van der Waals surface area (Å²) in [6.45, 7) is 0.330. The van der Waals surface area contributed by atoms with Gasteiger partial charge in [0.05, 0.1) is 12.1 Å². The third-order valence-corrected chi connectivity index (χ3v) is 3.01. The van der Waals surface area contributed by atoms with Crippen LogP contribution in [0.2, 0.25) is 0 Å². The number of amides is 1. The van der Waals surface area contributed by atoms with Gasteiger partial charge < -0.3 is 14.8 Å². The topological polar surface area (TPSA) is 47.6 Å². The van der Waals surface area contributed by atoms with Gasteiger partial charge in [0.25, 0.3) is 5.91 Å². The number of hydrogen-bond donors (Lipinski definition) is 1. The van der Waals surface area contributed by atoms with E-state index in [0.717, 1.165) is 3.57 Å². The maximum absolute atomic E-state index is 11.8. The zero-order valence-corrected chi connectivity index (χ0v) is 11.4. The summed E-state index contributed by atoms with van der Waals surface area (Å²) in [7, 11) is 3.07. The van der Waals surface area contributed by atoms with E-state index in [4.69, 9.17) is 9.47 Å². The summed E-state index contributed by atoms with van der Waals surface area (Å²) in [6, 6.07) is 7.40. The molecule has 16 heavy (non-hydrogen) atoms. The third kappa shape index (κ3) is 3.73. The second-order valence-electron chi connectivity index (χ2n) is 3.09. The molecular weight excluding hydrogens is 321 g/mol. The van der Waals surface area contributed by atoms with Crippen LogP contribution in [0.15, 0.2) is 24.3 Å². The van der Waals surface area contributed by atoms with E-state index in [2.05, 4.69) is 27.9 Å². The molecule has 88 valence electrons. The predicted octanol–water partition coefficient (Wildman–Crippen LogP) is 1.64. The Kier molecular flexibility index (Phi) is 5.72. The molecule has 4 nitrogen and oxygen atoms in total. The van der Waals surface area contributed by atoms with Gasteiger partial charge in [-0.25, -0.2) is 0 Å². The van der Waals surface area contributed by atoms with Crippen LogP contribution in [0, 0.1) is 3.57 Å². The van der Waals surface area contributed by atoms with Gasteiger partial charge in [0.1, 0.15) is 0 Å². The largest absolute Gasteiger partial charge is 0.354 e. The van der Waals surface area contributed by atoms with Crippen molar-refractivity contribution in [1.29, 1.82) is 0 Å². The van der Waals surface area contributed by atoms with Crippen LogP contribution in [0.3, 0.4) is 0 Å². The maximum atomic E-state index is 11.8. The Morgan fingerprint density at radius 3 is 2.56 bits per heavy atom. The fraction of sp³-hybridized carbons (Fsp3) is 0.364. The van der Waals surface area contributed by atoms with Gasteiger partial charge in [-0.1, -0.05) is 12.1 Å². The highest BCUT2D eigenvalue weighted by atomic mass is 127. The van der Waals surface area contributed by atoms with Crippen molar-refractivity contribution < 1.29 is 14.3 Å². The molecule has 0 aliphatic heterocycles. The smallest absolute Gasteiger partial charge is 0.252 e.